The monoisotopic (exact) mass is 969 g/mol. The molecule has 0 radical (unpaired) electrons. The van der Waals surface area contributed by atoms with E-state index in [0.717, 1.165) is 0 Å². The van der Waals surface area contributed by atoms with Crippen molar-refractivity contribution >= 4 is 29.3 Å². The topological polar surface area (TPSA) is 309 Å². The lowest BCUT2D eigenvalue weighted by molar-refractivity contribution is -0.481. The molecule has 0 aliphatic carbocycles. The minimum atomic E-state index is -2.92. The van der Waals surface area contributed by atoms with Crippen LogP contribution in [0, 0.1) is 0 Å². The van der Waals surface area contributed by atoms with Gasteiger partial charge in [0.05, 0.1) is 0 Å². The van der Waals surface area contributed by atoms with Gasteiger partial charge in [-0.1, -0.05) is 0 Å². The van der Waals surface area contributed by atoms with Crippen molar-refractivity contribution in [2.45, 2.75) is 0 Å². The molecule has 24 nitrogen and oxygen atoms in total. The first kappa shape index (κ1) is 110. The summed E-state index contributed by atoms with van der Waals surface area (Å²) in [5.74, 6) is 0. The maximum absolute atomic E-state index is 8.42. The van der Waals surface area contributed by atoms with Gasteiger partial charge in [0.1, 0.15) is 256 Å². The molecule has 0 aromatic carbocycles. The van der Waals surface area contributed by atoms with E-state index in [4.69, 9.17) is 60.3 Å². The van der Waals surface area contributed by atoms with Gasteiger partial charge in [-0.2, -0.15) is 0 Å². The van der Waals surface area contributed by atoms with Gasteiger partial charge >= 0.3 is 0 Å². The fourth-order valence-corrected chi connectivity index (χ4v) is 0. The van der Waals surface area contributed by atoms with Crippen LogP contribution in [0.25, 0.3) is 0 Å². The van der Waals surface area contributed by atoms with Crippen LogP contribution in [0.4, 0.5) is 0 Å². The van der Waals surface area contributed by atoms with Crippen molar-refractivity contribution in [3.05, 3.63) is 0 Å². The van der Waals surface area contributed by atoms with Crippen molar-refractivity contribution in [2.75, 3.05) is 256 Å². The Morgan fingerprint density at radius 3 is 0.125 bits per heavy atom. The summed E-state index contributed by atoms with van der Waals surface area (Å²) in [5, 5.41) is 101. The highest BCUT2D eigenvalue weighted by Gasteiger charge is 1.65. The lowest BCUT2D eigenvalue weighted by Crippen LogP contribution is -2.56. The van der Waals surface area contributed by atoms with E-state index in [1.54, 1.807) is 0 Å². The van der Waals surface area contributed by atoms with E-state index in [1.165, 1.54) is 0 Å². The van der Waals surface area contributed by atoms with E-state index < -0.39 is 29.3 Å². The third-order valence-electron chi connectivity index (χ3n) is 0. The largest absolute Gasteiger partial charge is 0.907 e. The predicted octanol–water partition coefficient (Wildman–Crippen LogP) is -10.7. The summed E-state index contributed by atoms with van der Waals surface area (Å²) in [6.07, 6.45) is 0. The van der Waals surface area contributed by atoms with Crippen LogP contribution in [0.5, 0.6) is 0 Å². The Hall–Kier alpha value is -0.700. The smallest absolute Gasteiger partial charge is 0.135 e. The molecule has 0 aliphatic rings. The van der Waals surface area contributed by atoms with Gasteiger partial charge in [-0.3, -0.25) is 29.3 Å². The average Bonchev–Trinajstić information content (AvgIpc) is 2.83. The van der Waals surface area contributed by atoms with Crippen LogP contribution < -0.4 is 60.3 Å². The number of rotatable bonds is 0. The molecule has 0 fully saturated rings. The van der Waals surface area contributed by atoms with Crippen molar-refractivity contribution in [3.63, 3.8) is 0 Å². The Morgan fingerprint density at radius 2 is 0.125 bits per heavy atom. The van der Waals surface area contributed by atoms with E-state index in [1.807, 2.05) is 256 Å². The number of hydrogen-bond acceptors (Lipinski definition) is 12. The molecule has 0 bridgehead atoms. The van der Waals surface area contributed by atoms with E-state index in [-0.39, 0.29) is 0 Å². The Kier molecular flexibility index (Phi) is 180. The second-order valence-electron chi connectivity index (χ2n) is 15.9. The van der Waals surface area contributed by atoms with Crippen molar-refractivity contribution < 1.29 is 113 Å². The van der Waals surface area contributed by atoms with Crippen LogP contribution in [0.2, 0.25) is 0 Å². The second-order valence-corrected chi connectivity index (χ2v) is 15.9. The van der Waals surface area contributed by atoms with Gasteiger partial charge in [0.25, 0.3) is 0 Å². The Morgan fingerprint density at radius 1 is 0.125 bits per heavy atom. The Balaban J connectivity index is -0.0000000274. The van der Waals surface area contributed by atoms with Gasteiger partial charge in [-0.25, -0.2) is 0 Å². The Bertz CT molecular complexity index is 348. The minimum absolute atomic E-state index is 1.92. The second kappa shape index (κ2) is 105. The lowest BCUT2D eigenvalue weighted by Gasteiger charge is -2.35. The van der Waals surface area contributed by atoms with Crippen LogP contribution in [0.1, 0.15) is 0 Å². The fraction of sp³-hybridized carbons (Fsp3) is 1.00. The van der Waals surface area contributed by atoms with E-state index in [0.29, 0.717) is 0 Å². The zero-order valence-electron chi connectivity index (χ0n) is 48.1. The van der Waals surface area contributed by atoms with Crippen LogP contribution in [0.3, 0.4) is 0 Å². The normalized spacial score (nSPS) is 8.44. The van der Waals surface area contributed by atoms with Gasteiger partial charge in [0, 0.05) is 0 Å². The lowest BCUT2D eigenvalue weighted by atomic mass is 10.3. The highest BCUT2D eigenvalue weighted by atomic mass is 16.7. The van der Waals surface area contributed by atoms with Crippen molar-refractivity contribution in [2.24, 2.45) is 0 Å². The van der Waals surface area contributed by atoms with Gasteiger partial charge in [0.2, 0.25) is 0 Å². The average molecular weight is 968 g/mol. The predicted molar refractivity (Wildman–Crippen MR) is 249 cm³/mol. The first-order valence-corrected chi connectivity index (χ1v) is 17.5. The van der Waals surface area contributed by atoms with Crippen molar-refractivity contribution in [3.8, 4) is 0 Å². The fourth-order valence-electron chi connectivity index (χ4n) is 0. The third-order valence-corrected chi connectivity index (χ3v) is 0. The minimum Gasteiger partial charge on any atom is -0.907 e. The van der Waals surface area contributed by atoms with E-state index in [2.05, 4.69) is 52.4 Å². The Labute approximate surface area is 397 Å². The molecule has 0 spiro atoms. The first-order valence-electron chi connectivity index (χ1n) is 17.5. The maximum Gasteiger partial charge on any atom is 0.135 e. The molecule has 0 heterocycles. The van der Waals surface area contributed by atoms with Gasteiger partial charge < -0.3 is 113 Å². The highest BCUT2D eigenvalue weighted by Crippen LogP contribution is 1.64. The molecule has 0 N–H and O–H groups in total. The standard InChI is InChI=1S/12C3H9O.4BO3/c12*1-4(2)3;4*2-1(3)4/h12*1-3H3;;;;/q12*+1;4*-3. The molecule has 0 aromatic rings. The van der Waals surface area contributed by atoms with Gasteiger partial charge in [-0.15, -0.1) is 0 Å². The van der Waals surface area contributed by atoms with Crippen molar-refractivity contribution in [1.29, 1.82) is 0 Å². The molecule has 0 aliphatic heterocycles. The summed E-state index contributed by atoms with van der Waals surface area (Å²) < 4.78 is 31.0. The zero-order valence-corrected chi connectivity index (χ0v) is 48.1. The summed E-state index contributed by atoms with van der Waals surface area (Å²) in [6, 6.07) is 0. The highest BCUT2D eigenvalue weighted by molar-refractivity contribution is 6.24. The molecule has 408 valence electrons. The summed E-state index contributed by atoms with van der Waals surface area (Å²) in [4.78, 5) is 0. The molecule has 0 atom stereocenters. The van der Waals surface area contributed by atoms with Crippen LogP contribution in [0.15, 0.2) is 0 Å². The molecule has 0 saturated heterocycles. The third kappa shape index (κ3) is 455000. The summed E-state index contributed by atoms with van der Waals surface area (Å²) in [5.41, 5.74) is 0. The SMILES string of the molecule is C[O+](C)C.C[O+](C)C.C[O+](C)C.C[O+](C)C.C[O+](C)C.C[O+](C)C.C[O+](C)C.C[O+](C)C.C[O+](C)C.C[O+](C)C.C[O+](C)C.C[O+](C)C.[O-]B([O-])[O-].[O-]B([O-])[O-].[O-]B([O-])[O-].[O-]B([O-])[O-]. The molecule has 0 rings (SSSR count). The molecule has 64 heavy (non-hydrogen) atoms. The summed E-state index contributed by atoms with van der Waals surface area (Å²) in [6.45, 7) is 0. The molecular weight excluding hydrogens is 860 g/mol. The van der Waals surface area contributed by atoms with Crippen LogP contribution in [-0.4, -0.2) is 285 Å². The van der Waals surface area contributed by atoms with E-state index >= 15 is 0 Å². The molecule has 0 saturated carbocycles. The quantitative estimate of drug-likeness (QED) is 0.162. The molecule has 0 aromatic heterocycles. The molecule has 0 amide bonds. The number of hydrogen-bond donors (Lipinski definition) is 0. The summed E-state index contributed by atoms with van der Waals surface area (Å²) in [7, 11) is 57.3. The van der Waals surface area contributed by atoms with Crippen molar-refractivity contribution in [1.82, 2.24) is 0 Å². The molecule has 0 unspecified atom stereocenters. The summed E-state index contributed by atoms with van der Waals surface area (Å²) >= 11 is 0. The van der Waals surface area contributed by atoms with E-state index in [9.17, 15) is 0 Å². The zero-order chi connectivity index (χ0) is 57.2. The van der Waals surface area contributed by atoms with Crippen LogP contribution in [-0.2, 0) is 52.4 Å². The maximum atomic E-state index is 8.42. The molecule has 28 heteroatoms. The first-order chi connectivity index (χ1) is 27.7. The van der Waals surface area contributed by atoms with Gasteiger partial charge in [-0.05, 0) is 0 Å². The molecular formula is C36H108B4O24. The van der Waals surface area contributed by atoms with Crippen LogP contribution >= 0.6 is 0 Å². The van der Waals surface area contributed by atoms with Gasteiger partial charge in [0.15, 0.2) is 0 Å².